The number of nitrogens with one attached hydrogen (secondary N) is 1. The van der Waals surface area contributed by atoms with Crippen molar-refractivity contribution >= 4 is 34.0 Å². The highest BCUT2D eigenvalue weighted by molar-refractivity contribution is 7.19. The average Bonchev–Trinajstić information content (AvgIpc) is 2.97. The van der Waals surface area contributed by atoms with Crippen LogP contribution in [0, 0.1) is 6.92 Å². The van der Waals surface area contributed by atoms with Gasteiger partial charge in [-0.3, -0.25) is 10.1 Å². The Bertz CT molecular complexity index is 886. The van der Waals surface area contributed by atoms with Crippen LogP contribution in [0.5, 0.6) is 0 Å². The van der Waals surface area contributed by atoms with E-state index in [-0.39, 0.29) is 5.91 Å². The molecule has 3 rings (SSSR count). The van der Waals surface area contributed by atoms with Gasteiger partial charge in [-0.1, -0.05) is 78.7 Å². The second-order valence-electron chi connectivity index (χ2n) is 6.14. The van der Waals surface area contributed by atoms with E-state index in [0.29, 0.717) is 15.0 Å². The van der Waals surface area contributed by atoms with Crippen molar-refractivity contribution in [3.8, 4) is 11.1 Å². The maximum Gasteiger partial charge on any atom is 0.258 e. The lowest BCUT2D eigenvalue weighted by Gasteiger charge is -2.15. The molecule has 5 heteroatoms. The number of aryl methyl sites for hydroxylation is 2. The second kappa shape index (κ2) is 8.47. The van der Waals surface area contributed by atoms with Crippen molar-refractivity contribution in [2.45, 2.75) is 33.1 Å². The Labute approximate surface area is 163 Å². The lowest BCUT2D eigenvalue weighted by atomic mass is 9.91. The minimum atomic E-state index is -0.160. The Morgan fingerprint density at radius 1 is 1.15 bits per heavy atom. The number of hydrogen-bond donors (Lipinski definition) is 1. The molecule has 0 aliphatic rings. The summed E-state index contributed by atoms with van der Waals surface area (Å²) in [5.74, 6) is -0.160. The number of carbonyl (C=O) groups is 1. The van der Waals surface area contributed by atoms with Crippen LogP contribution >= 0.6 is 22.9 Å². The molecule has 1 aromatic heterocycles. The Hall–Kier alpha value is -2.17. The molecular weight excluding hydrogens is 364 g/mol. The summed E-state index contributed by atoms with van der Waals surface area (Å²) in [6.07, 6.45) is 3.15. The largest absolute Gasteiger partial charge is 0.298 e. The molecule has 0 aliphatic heterocycles. The molecule has 0 spiro atoms. The first-order valence-corrected chi connectivity index (χ1v) is 9.91. The van der Waals surface area contributed by atoms with E-state index in [2.05, 4.69) is 23.3 Å². The predicted molar refractivity (Wildman–Crippen MR) is 110 cm³/mol. The maximum absolute atomic E-state index is 13.0. The van der Waals surface area contributed by atoms with Crippen molar-refractivity contribution in [1.82, 2.24) is 4.98 Å². The normalized spacial score (nSPS) is 10.7. The van der Waals surface area contributed by atoms with Gasteiger partial charge in [-0.25, -0.2) is 4.98 Å². The number of thiazole rings is 1. The molecule has 0 saturated heterocycles. The van der Waals surface area contributed by atoms with Crippen LogP contribution < -0.4 is 5.32 Å². The Kier molecular flexibility index (Phi) is 6.07. The van der Waals surface area contributed by atoms with Gasteiger partial charge in [0, 0.05) is 5.56 Å². The molecule has 0 saturated carbocycles. The van der Waals surface area contributed by atoms with Crippen molar-refractivity contribution in [1.29, 1.82) is 0 Å². The van der Waals surface area contributed by atoms with E-state index >= 15 is 0 Å². The Morgan fingerprint density at radius 2 is 1.92 bits per heavy atom. The zero-order chi connectivity index (χ0) is 18.5. The molecule has 134 valence electrons. The van der Waals surface area contributed by atoms with Crippen molar-refractivity contribution in [3.63, 3.8) is 0 Å². The van der Waals surface area contributed by atoms with Crippen LogP contribution in [-0.4, -0.2) is 10.9 Å². The van der Waals surface area contributed by atoms with Crippen LogP contribution in [0.3, 0.4) is 0 Å². The van der Waals surface area contributed by atoms with Gasteiger partial charge in [-0.2, -0.15) is 0 Å². The third kappa shape index (κ3) is 4.14. The summed E-state index contributed by atoms with van der Waals surface area (Å²) in [6.45, 7) is 4.00. The second-order valence-corrected chi connectivity index (χ2v) is 7.74. The van der Waals surface area contributed by atoms with Gasteiger partial charge in [0.2, 0.25) is 0 Å². The van der Waals surface area contributed by atoms with Crippen LogP contribution in [0.2, 0.25) is 4.34 Å². The standard InChI is InChI=1S/C21H21ClN2OS/c1-3-4-9-15-12-8-13-17(18(15)16-10-6-5-7-11-16)20(25)24-21-23-14(2)19(22)26-21/h5-8,10-13H,3-4,9H2,1-2H3,(H,23,24,25). The molecule has 3 aromatic rings. The van der Waals surface area contributed by atoms with E-state index in [4.69, 9.17) is 11.6 Å². The molecule has 1 amide bonds. The number of benzene rings is 2. The molecule has 1 heterocycles. The highest BCUT2D eigenvalue weighted by Gasteiger charge is 2.18. The monoisotopic (exact) mass is 384 g/mol. The molecule has 2 aromatic carbocycles. The number of aromatic nitrogens is 1. The van der Waals surface area contributed by atoms with Crippen LogP contribution in [0.15, 0.2) is 48.5 Å². The fourth-order valence-corrected chi connectivity index (χ4v) is 3.86. The predicted octanol–water partition coefficient (Wildman–Crippen LogP) is 6.37. The third-order valence-corrected chi connectivity index (χ3v) is 5.58. The molecule has 3 nitrogen and oxygen atoms in total. The number of carbonyl (C=O) groups excluding carboxylic acids is 1. The molecule has 0 aliphatic carbocycles. The van der Waals surface area contributed by atoms with Crippen molar-refractivity contribution in [3.05, 3.63) is 69.7 Å². The topological polar surface area (TPSA) is 42.0 Å². The third-order valence-electron chi connectivity index (χ3n) is 4.22. The van der Waals surface area contributed by atoms with E-state index in [1.165, 1.54) is 16.9 Å². The summed E-state index contributed by atoms with van der Waals surface area (Å²) in [5.41, 5.74) is 4.64. The van der Waals surface area contributed by atoms with E-state index in [1.54, 1.807) is 0 Å². The van der Waals surface area contributed by atoms with Crippen LogP contribution in [0.4, 0.5) is 5.13 Å². The molecule has 0 atom stereocenters. The van der Waals surface area contributed by atoms with Gasteiger partial charge >= 0.3 is 0 Å². The van der Waals surface area contributed by atoms with Crippen molar-refractivity contribution in [2.75, 3.05) is 5.32 Å². The fourth-order valence-electron chi connectivity index (χ4n) is 2.91. The van der Waals surface area contributed by atoms with Gasteiger partial charge in [0.25, 0.3) is 5.91 Å². The zero-order valence-corrected chi connectivity index (χ0v) is 16.5. The molecule has 0 unspecified atom stereocenters. The first-order chi connectivity index (χ1) is 12.6. The Balaban J connectivity index is 2.01. The number of nitrogens with zero attached hydrogens (tertiary/aromatic N) is 1. The van der Waals surface area contributed by atoms with Crippen LogP contribution in [0.25, 0.3) is 11.1 Å². The summed E-state index contributed by atoms with van der Waals surface area (Å²) in [6, 6.07) is 16.0. The molecule has 0 radical (unpaired) electrons. The zero-order valence-electron chi connectivity index (χ0n) is 14.9. The van der Waals surface area contributed by atoms with E-state index in [0.717, 1.165) is 36.1 Å². The van der Waals surface area contributed by atoms with Gasteiger partial charge in [-0.05, 0) is 42.5 Å². The highest BCUT2D eigenvalue weighted by atomic mass is 35.5. The van der Waals surface area contributed by atoms with Crippen molar-refractivity contribution < 1.29 is 4.79 Å². The van der Waals surface area contributed by atoms with Gasteiger partial charge < -0.3 is 0 Å². The molecule has 1 N–H and O–H groups in total. The number of rotatable bonds is 6. The van der Waals surface area contributed by atoms with Crippen LogP contribution in [0.1, 0.15) is 41.4 Å². The molecule has 0 bridgehead atoms. The Morgan fingerprint density at radius 3 is 2.58 bits per heavy atom. The molecule has 0 fully saturated rings. The molecule has 26 heavy (non-hydrogen) atoms. The maximum atomic E-state index is 13.0. The van der Waals surface area contributed by atoms with E-state index < -0.39 is 0 Å². The molecular formula is C21H21ClN2OS. The SMILES string of the molecule is CCCCc1cccc(C(=O)Nc2nc(C)c(Cl)s2)c1-c1ccccc1. The minimum absolute atomic E-state index is 0.160. The number of halogens is 1. The lowest BCUT2D eigenvalue weighted by molar-refractivity contribution is 0.102. The lowest BCUT2D eigenvalue weighted by Crippen LogP contribution is -2.14. The van der Waals surface area contributed by atoms with E-state index in [9.17, 15) is 4.79 Å². The minimum Gasteiger partial charge on any atom is -0.298 e. The number of unbranched alkanes of at least 4 members (excludes halogenated alkanes) is 1. The quantitative estimate of drug-likeness (QED) is 0.536. The average molecular weight is 385 g/mol. The van der Waals surface area contributed by atoms with Gasteiger partial charge in [0.1, 0.15) is 4.34 Å². The first kappa shape index (κ1) is 18.6. The number of hydrogen-bond acceptors (Lipinski definition) is 3. The van der Waals surface area contributed by atoms with Gasteiger partial charge in [0.05, 0.1) is 5.69 Å². The number of amides is 1. The van der Waals surface area contributed by atoms with E-state index in [1.807, 2.05) is 49.4 Å². The summed E-state index contributed by atoms with van der Waals surface area (Å²) in [4.78, 5) is 17.3. The van der Waals surface area contributed by atoms with Crippen molar-refractivity contribution in [2.24, 2.45) is 0 Å². The first-order valence-electron chi connectivity index (χ1n) is 8.71. The number of anilines is 1. The van der Waals surface area contributed by atoms with Gasteiger partial charge in [-0.15, -0.1) is 0 Å². The smallest absolute Gasteiger partial charge is 0.258 e. The fraction of sp³-hybridized carbons (Fsp3) is 0.238. The van der Waals surface area contributed by atoms with Crippen LogP contribution in [-0.2, 0) is 6.42 Å². The summed E-state index contributed by atoms with van der Waals surface area (Å²) in [5, 5.41) is 3.42. The summed E-state index contributed by atoms with van der Waals surface area (Å²) >= 11 is 7.35. The summed E-state index contributed by atoms with van der Waals surface area (Å²) in [7, 11) is 0. The highest BCUT2D eigenvalue weighted by Crippen LogP contribution is 2.31. The van der Waals surface area contributed by atoms with Gasteiger partial charge in [0.15, 0.2) is 5.13 Å². The summed E-state index contributed by atoms with van der Waals surface area (Å²) < 4.78 is 0.597.